The molecular formula is C22H20N2O4. The molecule has 1 aromatic heterocycles. The molecule has 28 heavy (non-hydrogen) atoms. The van der Waals surface area contributed by atoms with E-state index in [1.807, 2.05) is 30.3 Å². The SMILES string of the molecule is COc1ccccc1OCc1ccc(C(=O)N(C)Cc2ccc(C#N)cc2)o1. The third kappa shape index (κ3) is 4.51. The summed E-state index contributed by atoms with van der Waals surface area (Å²) in [5.41, 5.74) is 1.52. The van der Waals surface area contributed by atoms with Crippen LogP contribution in [0.3, 0.4) is 0 Å². The molecule has 0 aliphatic rings. The second-order valence-electron chi connectivity index (χ2n) is 6.18. The van der Waals surface area contributed by atoms with Crippen LogP contribution in [0.4, 0.5) is 0 Å². The smallest absolute Gasteiger partial charge is 0.289 e. The Labute approximate surface area is 163 Å². The quantitative estimate of drug-likeness (QED) is 0.623. The van der Waals surface area contributed by atoms with Crippen LogP contribution >= 0.6 is 0 Å². The van der Waals surface area contributed by atoms with Crippen LogP contribution in [0.5, 0.6) is 11.5 Å². The molecular weight excluding hydrogens is 356 g/mol. The van der Waals surface area contributed by atoms with Gasteiger partial charge in [0.15, 0.2) is 17.3 Å². The number of nitriles is 1. The highest BCUT2D eigenvalue weighted by molar-refractivity contribution is 5.91. The van der Waals surface area contributed by atoms with Gasteiger partial charge in [-0.05, 0) is 42.0 Å². The van der Waals surface area contributed by atoms with E-state index < -0.39 is 0 Å². The van der Waals surface area contributed by atoms with Gasteiger partial charge in [0, 0.05) is 13.6 Å². The van der Waals surface area contributed by atoms with Gasteiger partial charge < -0.3 is 18.8 Å². The summed E-state index contributed by atoms with van der Waals surface area (Å²) in [6.07, 6.45) is 0. The van der Waals surface area contributed by atoms with Crippen molar-refractivity contribution in [3.8, 4) is 17.6 Å². The van der Waals surface area contributed by atoms with Gasteiger partial charge in [-0.2, -0.15) is 5.26 Å². The van der Waals surface area contributed by atoms with Crippen LogP contribution < -0.4 is 9.47 Å². The highest BCUT2D eigenvalue weighted by Crippen LogP contribution is 2.27. The maximum absolute atomic E-state index is 12.6. The summed E-state index contributed by atoms with van der Waals surface area (Å²) < 4.78 is 16.6. The molecule has 0 N–H and O–H groups in total. The minimum absolute atomic E-state index is 0.187. The van der Waals surface area contributed by atoms with E-state index in [2.05, 4.69) is 6.07 Å². The molecule has 0 spiro atoms. The number of amides is 1. The molecule has 0 saturated heterocycles. The molecule has 0 atom stereocenters. The van der Waals surface area contributed by atoms with Crippen LogP contribution in [0.25, 0.3) is 0 Å². The van der Waals surface area contributed by atoms with Gasteiger partial charge in [-0.3, -0.25) is 4.79 Å². The lowest BCUT2D eigenvalue weighted by Crippen LogP contribution is -2.25. The van der Waals surface area contributed by atoms with E-state index in [1.54, 1.807) is 49.4 Å². The van der Waals surface area contributed by atoms with Crippen molar-refractivity contribution >= 4 is 5.91 Å². The Balaban J connectivity index is 1.60. The molecule has 0 aliphatic heterocycles. The van der Waals surface area contributed by atoms with E-state index in [0.717, 1.165) is 5.56 Å². The van der Waals surface area contributed by atoms with Gasteiger partial charge in [-0.15, -0.1) is 0 Å². The Morgan fingerprint density at radius 1 is 1.07 bits per heavy atom. The first-order valence-corrected chi connectivity index (χ1v) is 8.69. The molecule has 1 amide bonds. The van der Waals surface area contributed by atoms with E-state index in [9.17, 15) is 4.79 Å². The number of ether oxygens (including phenoxy) is 2. The normalized spacial score (nSPS) is 10.2. The predicted molar refractivity (Wildman–Crippen MR) is 103 cm³/mol. The number of hydrogen-bond acceptors (Lipinski definition) is 5. The molecule has 0 fully saturated rings. The lowest BCUT2D eigenvalue weighted by Gasteiger charge is -2.15. The Bertz CT molecular complexity index is 986. The van der Waals surface area contributed by atoms with Gasteiger partial charge in [0.1, 0.15) is 12.4 Å². The Hall–Kier alpha value is -3.72. The second-order valence-corrected chi connectivity index (χ2v) is 6.18. The minimum atomic E-state index is -0.229. The summed E-state index contributed by atoms with van der Waals surface area (Å²) >= 11 is 0. The number of carbonyl (C=O) groups excluding carboxylic acids is 1. The van der Waals surface area contributed by atoms with Gasteiger partial charge in [0.2, 0.25) is 0 Å². The van der Waals surface area contributed by atoms with E-state index >= 15 is 0 Å². The molecule has 0 saturated carbocycles. The first-order chi connectivity index (χ1) is 13.6. The van der Waals surface area contributed by atoms with E-state index in [1.165, 1.54) is 0 Å². The van der Waals surface area contributed by atoms with Crippen molar-refractivity contribution < 1.29 is 18.7 Å². The lowest BCUT2D eigenvalue weighted by molar-refractivity contribution is 0.0749. The monoisotopic (exact) mass is 376 g/mol. The zero-order valence-corrected chi connectivity index (χ0v) is 15.7. The van der Waals surface area contributed by atoms with E-state index in [0.29, 0.717) is 29.4 Å². The molecule has 0 bridgehead atoms. The Morgan fingerprint density at radius 3 is 2.46 bits per heavy atom. The molecule has 0 radical (unpaired) electrons. The highest BCUT2D eigenvalue weighted by atomic mass is 16.5. The van der Waals surface area contributed by atoms with Crippen LogP contribution in [0, 0.1) is 11.3 Å². The maximum Gasteiger partial charge on any atom is 0.289 e. The van der Waals surface area contributed by atoms with E-state index in [-0.39, 0.29) is 18.3 Å². The molecule has 0 unspecified atom stereocenters. The third-order valence-corrected chi connectivity index (χ3v) is 4.16. The molecule has 3 aromatic rings. The number of nitrogens with zero attached hydrogens (tertiary/aromatic N) is 2. The fraction of sp³-hybridized carbons (Fsp3) is 0.182. The van der Waals surface area contributed by atoms with Gasteiger partial charge in [-0.1, -0.05) is 24.3 Å². The zero-order valence-electron chi connectivity index (χ0n) is 15.7. The summed E-state index contributed by atoms with van der Waals surface area (Å²) in [5.74, 6) is 1.79. The van der Waals surface area contributed by atoms with Crippen molar-refractivity contribution in [3.63, 3.8) is 0 Å². The van der Waals surface area contributed by atoms with Gasteiger partial charge in [0.25, 0.3) is 5.91 Å². The molecule has 6 heteroatoms. The summed E-state index contributed by atoms with van der Waals surface area (Å²) in [6, 6.07) is 19.9. The van der Waals surface area contributed by atoms with Gasteiger partial charge in [0.05, 0.1) is 18.7 Å². The fourth-order valence-electron chi connectivity index (χ4n) is 2.68. The van der Waals surface area contributed by atoms with Crippen LogP contribution in [0.2, 0.25) is 0 Å². The number of carbonyl (C=O) groups is 1. The summed E-state index contributed by atoms with van der Waals surface area (Å²) in [7, 11) is 3.28. The Morgan fingerprint density at radius 2 is 1.79 bits per heavy atom. The summed E-state index contributed by atoms with van der Waals surface area (Å²) in [4.78, 5) is 14.1. The topological polar surface area (TPSA) is 75.7 Å². The minimum Gasteiger partial charge on any atom is -0.493 e. The zero-order chi connectivity index (χ0) is 19.9. The predicted octanol–water partition coefficient (Wildman–Crippen LogP) is 4.01. The van der Waals surface area contributed by atoms with Crippen molar-refractivity contribution in [1.29, 1.82) is 5.26 Å². The van der Waals surface area contributed by atoms with Crippen LogP contribution in [-0.2, 0) is 13.2 Å². The number of furan rings is 1. The van der Waals surface area contributed by atoms with Crippen molar-refractivity contribution in [3.05, 3.63) is 83.3 Å². The number of benzene rings is 2. The molecule has 142 valence electrons. The number of para-hydroxylation sites is 2. The first kappa shape index (κ1) is 19.1. The Kier molecular flexibility index (Phi) is 5.97. The average Bonchev–Trinajstić information content (AvgIpc) is 3.21. The van der Waals surface area contributed by atoms with Crippen molar-refractivity contribution in [2.75, 3.05) is 14.2 Å². The van der Waals surface area contributed by atoms with Crippen molar-refractivity contribution in [2.45, 2.75) is 13.2 Å². The van der Waals surface area contributed by atoms with Crippen molar-refractivity contribution in [1.82, 2.24) is 4.90 Å². The first-order valence-electron chi connectivity index (χ1n) is 8.69. The van der Waals surface area contributed by atoms with Gasteiger partial charge in [-0.25, -0.2) is 0 Å². The van der Waals surface area contributed by atoms with Gasteiger partial charge >= 0.3 is 0 Å². The van der Waals surface area contributed by atoms with Crippen LogP contribution in [0.15, 0.2) is 65.1 Å². The van der Waals surface area contributed by atoms with Crippen LogP contribution in [-0.4, -0.2) is 25.0 Å². The molecule has 0 aliphatic carbocycles. The second kappa shape index (κ2) is 8.78. The van der Waals surface area contributed by atoms with Crippen molar-refractivity contribution in [2.24, 2.45) is 0 Å². The lowest BCUT2D eigenvalue weighted by atomic mass is 10.1. The van der Waals surface area contributed by atoms with Crippen LogP contribution in [0.1, 0.15) is 27.4 Å². The molecule has 6 nitrogen and oxygen atoms in total. The standard InChI is InChI=1S/C22H20N2O4/c1-24(14-17-9-7-16(13-23)8-10-17)22(25)21-12-11-18(28-21)15-27-20-6-4-3-5-19(20)26-2/h3-12H,14-15H2,1-2H3. The maximum atomic E-state index is 12.6. The number of rotatable bonds is 7. The average molecular weight is 376 g/mol. The molecule has 2 aromatic carbocycles. The molecule has 1 heterocycles. The summed E-state index contributed by atoms with van der Waals surface area (Å²) in [5, 5.41) is 8.85. The number of methoxy groups -OCH3 is 1. The number of hydrogen-bond donors (Lipinski definition) is 0. The highest BCUT2D eigenvalue weighted by Gasteiger charge is 2.17. The third-order valence-electron chi connectivity index (χ3n) is 4.16. The largest absolute Gasteiger partial charge is 0.493 e. The fourth-order valence-corrected chi connectivity index (χ4v) is 2.68. The molecule has 3 rings (SSSR count). The van der Waals surface area contributed by atoms with E-state index in [4.69, 9.17) is 19.2 Å². The summed E-state index contributed by atoms with van der Waals surface area (Å²) in [6.45, 7) is 0.602.